The lowest BCUT2D eigenvalue weighted by molar-refractivity contribution is 1.18. The summed E-state index contributed by atoms with van der Waals surface area (Å²) >= 11 is 0. The second kappa shape index (κ2) is 8.82. The van der Waals surface area contributed by atoms with Gasteiger partial charge in [-0.15, -0.1) is 0 Å². The Kier molecular flexibility index (Phi) is 4.75. The highest BCUT2D eigenvalue weighted by atomic mass is 15.0. The summed E-state index contributed by atoms with van der Waals surface area (Å²) in [6.45, 7) is 0. The second-order valence-corrected chi connectivity index (χ2v) is 11.7. The first-order chi connectivity index (χ1) is 21.9. The summed E-state index contributed by atoms with van der Waals surface area (Å²) in [5.41, 5.74) is 12.3. The largest absolute Gasteiger partial charge is 0.309 e. The zero-order valence-corrected chi connectivity index (χ0v) is 23.9. The van der Waals surface area contributed by atoms with Crippen molar-refractivity contribution in [3.63, 3.8) is 0 Å². The molecule has 0 amide bonds. The van der Waals surface area contributed by atoms with Gasteiger partial charge in [-0.25, -0.2) is 0 Å². The molecule has 0 N–H and O–H groups in total. The number of aromatic nitrogens is 2. The lowest BCUT2D eigenvalue weighted by atomic mass is 10.0. The molecular formula is C42H26N2. The Bertz CT molecular complexity index is 2690. The van der Waals surface area contributed by atoms with Crippen molar-refractivity contribution >= 4 is 59.9 Å². The molecule has 0 aliphatic heterocycles. The molecule has 3 heterocycles. The Labute approximate surface area is 254 Å². The fourth-order valence-electron chi connectivity index (χ4n) is 7.62. The molecule has 44 heavy (non-hydrogen) atoms. The Morgan fingerprint density at radius 2 is 0.977 bits per heavy atom. The summed E-state index contributed by atoms with van der Waals surface area (Å²) in [7, 11) is 0. The highest BCUT2D eigenvalue weighted by Crippen LogP contribution is 2.46. The lowest BCUT2D eigenvalue weighted by Crippen LogP contribution is -1.97. The predicted octanol–water partition coefficient (Wildman–Crippen LogP) is 11.3. The van der Waals surface area contributed by atoms with Gasteiger partial charge in [-0.2, -0.15) is 0 Å². The van der Waals surface area contributed by atoms with Crippen molar-refractivity contribution in [1.82, 2.24) is 8.97 Å². The van der Waals surface area contributed by atoms with Gasteiger partial charge in [0, 0.05) is 32.5 Å². The molecule has 3 aromatic heterocycles. The van der Waals surface area contributed by atoms with Gasteiger partial charge in [0.05, 0.1) is 33.3 Å². The maximum atomic E-state index is 2.53. The first kappa shape index (κ1) is 23.7. The fourth-order valence-corrected chi connectivity index (χ4v) is 7.62. The molecule has 0 aliphatic rings. The van der Waals surface area contributed by atoms with Crippen molar-refractivity contribution in [1.29, 1.82) is 0 Å². The van der Waals surface area contributed by atoms with Crippen LogP contribution in [0, 0.1) is 0 Å². The topological polar surface area (TPSA) is 9.34 Å². The van der Waals surface area contributed by atoms with E-state index in [9.17, 15) is 0 Å². The van der Waals surface area contributed by atoms with E-state index in [1.54, 1.807) is 0 Å². The van der Waals surface area contributed by atoms with Crippen LogP contribution in [0.3, 0.4) is 0 Å². The van der Waals surface area contributed by atoms with Crippen molar-refractivity contribution in [2.24, 2.45) is 0 Å². The molecule has 0 saturated heterocycles. The molecule has 0 fully saturated rings. The molecule has 7 aromatic carbocycles. The van der Waals surface area contributed by atoms with Crippen molar-refractivity contribution in [3.05, 3.63) is 158 Å². The summed E-state index contributed by atoms with van der Waals surface area (Å²) in [5.74, 6) is 0. The maximum absolute atomic E-state index is 2.53. The summed E-state index contributed by atoms with van der Waals surface area (Å²) in [4.78, 5) is 0. The van der Waals surface area contributed by atoms with Crippen molar-refractivity contribution in [3.8, 4) is 27.9 Å². The van der Waals surface area contributed by atoms with Crippen LogP contribution in [0.25, 0.3) is 87.8 Å². The third kappa shape index (κ3) is 3.09. The fraction of sp³-hybridized carbons (Fsp3) is 0. The highest BCUT2D eigenvalue weighted by Gasteiger charge is 2.24. The van der Waals surface area contributed by atoms with E-state index in [0.717, 1.165) is 0 Å². The van der Waals surface area contributed by atoms with E-state index in [4.69, 9.17) is 0 Å². The van der Waals surface area contributed by atoms with Gasteiger partial charge in [0.25, 0.3) is 0 Å². The number of hydrogen-bond acceptors (Lipinski definition) is 0. The van der Waals surface area contributed by atoms with Gasteiger partial charge in [0.2, 0.25) is 0 Å². The van der Waals surface area contributed by atoms with Crippen LogP contribution in [0.5, 0.6) is 0 Å². The van der Waals surface area contributed by atoms with E-state index in [1.807, 2.05) is 0 Å². The average molecular weight is 559 g/mol. The molecular weight excluding hydrogens is 532 g/mol. The van der Waals surface area contributed by atoms with Crippen LogP contribution in [0.15, 0.2) is 158 Å². The minimum Gasteiger partial charge on any atom is -0.309 e. The number of benzene rings is 7. The van der Waals surface area contributed by atoms with Gasteiger partial charge in [0.15, 0.2) is 0 Å². The zero-order chi connectivity index (χ0) is 28.8. The van der Waals surface area contributed by atoms with Crippen molar-refractivity contribution in [2.45, 2.75) is 0 Å². The number of nitrogens with zero attached hydrogens (tertiary/aromatic N) is 2. The Balaban J connectivity index is 1.44. The van der Waals surface area contributed by atoms with E-state index in [1.165, 1.54) is 87.8 Å². The summed E-state index contributed by atoms with van der Waals surface area (Å²) < 4.78 is 5.02. The first-order valence-electron chi connectivity index (χ1n) is 15.2. The van der Waals surface area contributed by atoms with Gasteiger partial charge in [-0.1, -0.05) is 127 Å². The number of rotatable bonds is 3. The average Bonchev–Trinajstić information content (AvgIpc) is 3.57. The maximum Gasteiger partial charge on any atom is 0.0641 e. The molecule has 0 aliphatic carbocycles. The Hall–Kier alpha value is -5.86. The minimum absolute atomic E-state index is 1.19. The molecule has 2 heteroatoms. The van der Waals surface area contributed by atoms with E-state index in [-0.39, 0.29) is 0 Å². The third-order valence-electron chi connectivity index (χ3n) is 9.45. The molecule has 10 rings (SSSR count). The SMILES string of the molecule is c1ccc(-c2ccc3c4ccc5c6c7c(cccc7n5-c5ccccc5-c5ccccc5)c5ccccc5n(c3c2)c46)cc1. The number of para-hydroxylation sites is 2. The van der Waals surface area contributed by atoms with Crippen LogP contribution in [-0.2, 0) is 0 Å². The normalized spacial score (nSPS) is 12.1. The molecule has 0 spiro atoms. The van der Waals surface area contributed by atoms with Crippen LogP contribution in [-0.4, -0.2) is 8.97 Å². The smallest absolute Gasteiger partial charge is 0.0641 e. The quantitative estimate of drug-likeness (QED) is 0.204. The van der Waals surface area contributed by atoms with Crippen LogP contribution in [0.4, 0.5) is 0 Å². The standard InChI is InChI=1S/C42H26N2/c1-3-12-27(13-4-1)29-22-23-32-34-24-25-38-41-40-33(31-17-8-10-20-36(31)44(42(34)41)39(32)26-29)18-11-21-37(40)43(38)35-19-9-7-16-30(35)28-14-5-2-6-15-28/h1-26H. The molecule has 0 unspecified atom stereocenters. The second-order valence-electron chi connectivity index (χ2n) is 11.7. The van der Waals surface area contributed by atoms with Gasteiger partial charge in [0.1, 0.15) is 0 Å². The minimum atomic E-state index is 1.19. The molecule has 0 radical (unpaired) electrons. The van der Waals surface area contributed by atoms with Crippen LogP contribution < -0.4 is 0 Å². The van der Waals surface area contributed by atoms with E-state index >= 15 is 0 Å². The van der Waals surface area contributed by atoms with E-state index < -0.39 is 0 Å². The zero-order valence-electron chi connectivity index (χ0n) is 23.9. The number of hydrogen-bond donors (Lipinski definition) is 0. The van der Waals surface area contributed by atoms with Crippen LogP contribution in [0.1, 0.15) is 0 Å². The first-order valence-corrected chi connectivity index (χ1v) is 15.2. The number of fused-ring (bicyclic) bond motifs is 6. The van der Waals surface area contributed by atoms with E-state index in [2.05, 4.69) is 167 Å². The summed E-state index contributed by atoms with van der Waals surface area (Å²) in [5, 5.41) is 7.73. The monoisotopic (exact) mass is 558 g/mol. The van der Waals surface area contributed by atoms with Crippen LogP contribution in [0.2, 0.25) is 0 Å². The molecule has 0 atom stereocenters. The molecule has 0 saturated carbocycles. The molecule has 0 bridgehead atoms. The summed E-state index contributed by atoms with van der Waals surface area (Å²) in [6.07, 6.45) is 0. The van der Waals surface area contributed by atoms with Gasteiger partial charge in [-0.05, 0) is 52.4 Å². The van der Waals surface area contributed by atoms with Gasteiger partial charge < -0.3 is 8.97 Å². The Morgan fingerprint density at radius 3 is 1.84 bits per heavy atom. The highest BCUT2D eigenvalue weighted by molar-refractivity contribution is 6.33. The van der Waals surface area contributed by atoms with Crippen molar-refractivity contribution in [2.75, 3.05) is 0 Å². The van der Waals surface area contributed by atoms with E-state index in [0.29, 0.717) is 0 Å². The lowest BCUT2D eigenvalue weighted by Gasteiger charge is -2.14. The van der Waals surface area contributed by atoms with Gasteiger partial charge in [-0.3, -0.25) is 0 Å². The van der Waals surface area contributed by atoms with Gasteiger partial charge >= 0.3 is 0 Å². The molecule has 2 nitrogen and oxygen atoms in total. The third-order valence-corrected chi connectivity index (χ3v) is 9.45. The van der Waals surface area contributed by atoms with Crippen LogP contribution >= 0.6 is 0 Å². The summed E-state index contributed by atoms with van der Waals surface area (Å²) in [6, 6.07) is 57.6. The molecule has 204 valence electrons. The van der Waals surface area contributed by atoms with Crippen molar-refractivity contribution < 1.29 is 0 Å². The predicted molar refractivity (Wildman–Crippen MR) is 186 cm³/mol. The Morgan fingerprint density at radius 1 is 0.341 bits per heavy atom. The molecule has 10 aromatic rings.